The number of hydrogen-bond donors (Lipinski definition) is 0. The summed E-state index contributed by atoms with van der Waals surface area (Å²) in [4.78, 5) is 4.32. The lowest BCUT2D eigenvalue weighted by Crippen LogP contribution is -1.99. The van der Waals surface area contributed by atoms with Crippen molar-refractivity contribution < 1.29 is 11.0 Å². The van der Waals surface area contributed by atoms with E-state index in [0.29, 0.717) is 23.2 Å². The van der Waals surface area contributed by atoms with E-state index in [9.17, 15) is 0 Å². The second-order valence-corrected chi connectivity index (χ2v) is 6.45. The quantitative estimate of drug-likeness (QED) is 0.544. The first-order valence-corrected chi connectivity index (χ1v) is 8.40. The third kappa shape index (κ3) is 4.36. The molecule has 0 unspecified atom stereocenters. The molecule has 0 atom stereocenters. The van der Waals surface area contributed by atoms with Crippen LogP contribution in [0, 0.1) is 19.6 Å². The Labute approximate surface area is 163 Å². The first-order valence-electron chi connectivity index (χ1n) is 12.4. The van der Waals surface area contributed by atoms with Crippen LogP contribution in [0.25, 0.3) is 11.3 Å². The summed E-state index contributed by atoms with van der Waals surface area (Å²) >= 11 is 0. The van der Waals surface area contributed by atoms with Gasteiger partial charge in [-0.2, -0.15) is 0 Å². The Bertz CT molecular complexity index is 1120. The van der Waals surface area contributed by atoms with E-state index >= 15 is 0 Å². The van der Waals surface area contributed by atoms with Crippen LogP contribution in [-0.4, -0.2) is 4.98 Å². The average Bonchev–Trinajstić information content (AvgIpc) is 2.72. The molecule has 0 N–H and O–H groups in total. The van der Waals surface area contributed by atoms with Gasteiger partial charge in [-0.15, -0.1) is 0 Å². The van der Waals surface area contributed by atoms with Crippen LogP contribution in [0.5, 0.6) is 0 Å². The molecule has 2 aromatic carbocycles. The average molecular weight is 338 g/mol. The van der Waals surface area contributed by atoms with E-state index in [1.165, 1.54) is 12.3 Å². The maximum atomic E-state index is 8.52. The van der Waals surface area contributed by atoms with Crippen LogP contribution in [0.15, 0.2) is 60.8 Å². The molecule has 0 bridgehead atoms. The number of nitrogens with zero attached hydrogens (tertiary/aromatic N) is 1. The highest BCUT2D eigenvalue weighted by molar-refractivity contribution is 5.62. The molecule has 25 heavy (non-hydrogen) atoms. The van der Waals surface area contributed by atoms with E-state index in [1.807, 2.05) is 30.3 Å². The Morgan fingerprint density at radius 3 is 2.48 bits per heavy atom. The molecule has 0 aliphatic heterocycles. The Kier molecular flexibility index (Phi) is 3.03. The fourth-order valence-corrected chi connectivity index (χ4v) is 2.76. The number of rotatable bonds is 5. The minimum atomic E-state index is -2.51. The van der Waals surface area contributed by atoms with Crippen molar-refractivity contribution in [2.45, 2.75) is 40.3 Å². The third-order valence-electron chi connectivity index (χ3n) is 3.99. The van der Waals surface area contributed by atoms with E-state index in [-0.39, 0.29) is 16.7 Å². The summed E-state index contributed by atoms with van der Waals surface area (Å²) in [5.74, 6) is -0.458. The molecule has 1 nitrogen and oxygen atoms in total. The van der Waals surface area contributed by atoms with Gasteiger partial charge in [0.2, 0.25) is 0 Å². The number of hydrogen-bond acceptors (Lipinski definition) is 1. The topological polar surface area (TPSA) is 12.9 Å². The molecular formula is C24H27N. The van der Waals surface area contributed by atoms with Gasteiger partial charge in [0.05, 0.1) is 5.69 Å². The van der Waals surface area contributed by atoms with Gasteiger partial charge in [0, 0.05) is 22.7 Å². The maximum absolute atomic E-state index is 8.52. The molecule has 1 heteroatoms. The van der Waals surface area contributed by atoms with Gasteiger partial charge >= 0.3 is 0 Å². The zero-order valence-corrected chi connectivity index (χ0v) is 14.5. The molecule has 3 rings (SSSR count). The summed E-state index contributed by atoms with van der Waals surface area (Å²) in [6.45, 7) is -1.40. The van der Waals surface area contributed by atoms with Crippen molar-refractivity contribution in [3.63, 3.8) is 0 Å². The number of pyridine rings is 1. The molecule has 3 aromatic rings. The van der Waals surface area contributed by atoms with Gasteiger partial charge in [-0.05, 0) is 72.4 Å². The van der Waals surface area contributed by atoms with Crippen LogP contribution >= 0.6 is 0 Å². The van der Waals surface area contributed by atoms with Crippen molar-refractivity contribution in [3.05, 3.63) is 88.6 Å². The van der Waals surface area contributed by atoms with Crippen LogP contribution in [0.4, 0.5) is 0 Å². The van der Waals surface area contributed by atoms with Crippen LogP contribution in [0.3, 0.4) is 0 Å². The zero-order chi connectivity index (χ0) is 24.6. The van der Waals surface area contributed by atoms with E-state index in [0.717, 1.165) is 5.56 Å². The molecule has 0 saturated carbocycles. The smallest absolute Gasteiger partial charge is 0.0705 e. The van der Waals surface area contributed by atoms with Crippen LogP contribution in [0.1, 0.15) is 52.6 Å². The van der Waals surface area contributed by atoms with Gasteiger partial charge in [-0.3, -0.25) is 4.98 Å². The van der Waals surface area contributed by atoms with Crippen molar-refractivity contribution in [2.75, 3.05) is 0 Å². The van der Waals surface area contributed by atoms with Gasteiger partial charge in [0.25, 0.3) is 0 Å². The minimum Gasteiger partial charge on any atom is -0.256 e. The van der Waals surface area contributed by atoms with Gasteiger partial charge in [-0.1, -0.05) is 56.3 Å². The SMILES string of the molecule is [2H]C([2H])([2H])c1ccc(-c2cc(C([2H])([2H])C(C)C)c(C([2H])([2H])[2H])cn2)cc1Cc1ccccc1. The molecule has 1 aromatic heterocycles. The summed E-state index contributed by atoms with van der Waals surface area (Å²) in [6.07, 6.45) is -0.255. The monoisotopic (exact) mass is 337 g/mol. The largest absolute Gasteiger partial charge is 0.256 e. The highest BCUT2D eigenvalue weighted by atomic mass is 14.7. The first-order chi connectivity index (χ1) is 15.2. The van der Waals surface area contributed by atoms with Crippen molar-refractivity contribution in [2.24, 2.45) is 5.92 Å². The van der Waals surface area contributed by atoms with E-state index in [2.05, 4.69) is 4.98 Å². The van der Waals surface area contributed by atoms with Crippen molar-refractivity contribution >= 4 is 0 Å². The van der Waals surface area contributed by atoms with Gasteiger partial charge < -0.3 is 0 Å². The predicted molar refractivity (Wildman–Crippen MR) is 107 cm³/mol. The summed E-state index contributed by atoms with van der Waals surface area (Å²) in [7, 11) is 0. The number of benzene rings is 2. The van der Waals surface area contributed by atoms with Gasteiger partial charge in [-0.25, -0.2) is 0 Å². The molecule has 0 aliphatic rings. The zero-order valence-electron chi connectivity index (χ0n) is 22.5. The van der Waals surface area contributed by atoms with Gasteiger partial charge in [0.15, 0.2) is 0 Å². The van der Waals surface area contributed by atoms with Gasteiger partial charge in [0.1, 0.15) is 0 Å². The van der Waals surface area contributed by atoms with E-state index < -0.39 is 26.0 Å². The van der Waals surface area contributed by atoms with E-state index in [4.69, 9.17) is 11.0 Å². The molecule has 0 fully saturated rings. The van der Waals surface area contributed by atoms with Crippen LogP contribution < -0.4 is 0 Å². The van der Waals surface area contributed by atoms with Crippen LogP contribution in [0.2, 0.25) is 0 Å². The predicted octanol–water partition coefficient (Wildman–Crippen LogP) is 6.15. The fourth-order valence-electron chi connectivity index (χ4n) is 2.76. The number of aryl methyl sites for hydroxylation is 2. The van der Waals surface area contributed by atoms with Crippen molar-refractivity contribution in [1.29, 1.82) is 0 Å². The summed E-state index contributed by atoms with van der Waals surface area (Å²) in [5.41, 5.74) is 2.78. The maximum Gasteiger partial charge on any atom is 0.0705 e. The summed E-state index contributed by atoms with van der Waals surface area (Å²) in [5, 5.41) is 0. The molecule has 128 valence electrons. The molecule has 0 amide bonds. The second kappa shape index (κ2) is 7.65. The lowest BCUT2D eigenvalue weighted by molar-refractivity contribution is 0.644. The van der Waals surface area contributed by atoms with Crippen molar-refractivity contribution in [3.8, 4) is 11.3 Å². The highest BCUT2D eigenvalue weighted by Gasteiger charge is 2.08. The Balaban J connectivity index is 2.17. The fraction of sp³-hybridized carbons (Fsp3) is 0.292. The van der Waals surface area contributed by atoms with Crippen molar-refractivity contribution in [1.82, 2.24) is 4.98 Å². The lowest BCUT2D eigenvalue weighted by Gasteiger charge is -2.12. The molecule has 1 heterocycles. The first kappa shape index (κ1) is 9.91. The summed E-state index contributed by atoms with van der Waals surface area (Å²) in [6, 6.07) is 16.0. The molecular weight excluding hydrogens is 302 g/mol. The Hall–Kier alpha value is -2.41. The second-order valence-electron chi connectivity index (χ2n) is 6.45. The molecule has 0 aliphatic carbocycles. The third-order valence-corrected chi connectivity index (χ3v) is 3.99. The van der Waals surface area contributed by atoms with Crippen LogP contribution in [-0.2, 0) is 12.8 Å². The number of aromatic nitrogens is 1. The highest BCUT2D eigenvalue weighted by Crippen LogP contribution is 2.25. The Morgan fingerprint density at radius 1 is 0.960 bits per heavy atom. The standard InChI is InChI=1S/C24H27N/c1-17(2)12-22-15-24(25-16-19(22)4)21-11-10-18(3)23(14-21)13-20-8-6-5-7-9-20/h5-11,14-17H,12-13H2,1-4H3/i3D3,4D3,12D2. The minimum absolute atomic E-state index is 0.0759. The molecule has 0 saturated heterocycles. The lowest BCUT2D eigenvalue weighted by atomic mass is 9.95. The molecule has 0 radical (unpaired) electrons. The van der Waals surface area contributed by atoms with E-state index in [1.54, 1.807) is 32.0 Å². The Morgan fingerprint density at radius 2 is 1.76 bits per heavy atom. The normalized spacial score (nSPS) is 17.4. The molecule has 0 spiro atoms. The summed E-state index contributed by atoms with van der Waals surface area (Å²) < 4.78 is 64.3.